The molecule has 0 saturated heterocycles. The van der Waals surface area contributed by atoms with E-state index in [9.17, 15) is 9.18 Å². The van der Waals surface area contributed by atoms with E-state index in [-0.39, 0.29) is 17.6 Å². The molecule has 1 atom stereocenters. The average molecular weight is 409 g/mol. The Hall–Kier alpha value is -3.12. The minimum Gasteiger partial charge on any atom is -0.493 e. The lowest BCUT2D eigenvalue weighted by molar-refractivity contribution is -0.116. The van der Waals surface area contributed by atoms with Crippen molar-refractivity contribution in [2.24, 2.45) is 0 Å². The standard InChI is InChI=1S/C23H20FNO3S/c1-3-9-28-19-8-7-15(11-20(19)27-2)17-12-21(26)25-22-18(13-29-23(17)22)14-5-4-6-16(24)10-14/h3-8,10-11,13,17H,1,9,12H2,2H3,(H,25,26)/t17-/m0/s1. The fourth-order valence-corrected chi connectivity index (χ4v) is 4.69. The average Bonchev–Trinajstić information content (AvgIpc) is 3.15. The van der Waals surface area contributed by atoms with Crippen LogP contribution in [0.25, 0.3) is 11.1 Å². The number of methoxy groups -OCH3 is 1. The van der Waals surface area contributed by atoms with Gasteiger partial charge in [0.25, 0.3) is 0 Å². The van der Waals surface area contributed by atoms with Crippen molar-refractivity contribution >= 4 is 22.9 Å². The molecule has 1 amide bonds. The van der Waals surface area contributed by atoms with E-state index in [1.807, 2.05) is 29.6 Å². The van der Waals surface area contributed by atoms with E-state index in [1.54, 1.807) is 30.6 Å². The maximum absolute atomic E-state index is 13.7. The Kier molecular flexibility index (Phi) is 5.36. The number of nitrogens with one attached hydrogen (secondary N) is 1. The number of benzene rings is 2. The molecule has 1 aliphatic heterocycles. The Balaban J connectivity index is 1.74. The number of amides is 1. The van der Waals surface area contributed by atoms with Crippen LogP contribution in [-0.4, -0.2) is 19.6 Å². The Morgan fingerprint density at radius 1 is 1.28 bits per heavy atom. The van der Waals surface area contributed by atoms with Gasteiger partial charge in [-0.3, -0.25) is 4.79 Å². The van der Waals surface area contributed by atoms with E-state index in [0.29, 0.717) is 24.5 Å². The van der Waals surface area contributed by atoms with E-state index in [0.717, 1.165) is 27.3 Å². The number of thiophene rings is 1. The van der Waals surface area contributed by atoms with Crippen molar-refractivity contribution in [3.63, 3.8) is 0 Å². The summed E-state index contributed by atoms with van der Waals surface area (Å²) < 4.78 is 24.8. The molecule has 0 bridgehead atoms. The molecule has 0 aliphatic carbocycles. The number of carbonyl (C=O) groups excluding carboxylic acids is 1. The number of ether oxygens (including phenoxy) is 2. The third kappa shape index (κ3) is 3.76. The van der Waals surface area contributed by atoms with Crippen LogP contribution >= 0.6 is 11.3 Å². The van der Waals surface area contributed by atoms with Crippen LogP contribution in [0, 0.1) is 5.82 Å². The van der Waals surface area contributed by atoms with Crippen molar-refractivity contribution in [1.82, 2.24) is 0 Å². The molecule has 1 aliphatic rings. The third-order valence-corrected chi connectivity index (χ3v) is 5.97. The highest BCUT2D eigenvalue weighted by Gasteiger charge is 2.31. The first kappa shape index (κ1) is 19.2. The van der Waals surface area contributed by atoms with Gasteiger partial charge in [-0.1, -0.05) is 30.9 Å². The summed E-state index contributed by atoms with van der Waals surface area (Å²) in [6, 6.07) is 12.1. The van der Waals surface area contributed by atoms with E-state index >= 15 is 0 Å². The van der Waals surface area contributed by atoms with Crippen molar-refractivity contribution in [2.75, 3.05) is 19.0 Å². The van der Waals surface area contributed by atoms with E-state index < -0.39 is 0 Å². The van der Waals surface area contributed by atoms with Gasteiger partial charge in [-0.15, -0.1) is 11.3 Å². The summed E-state index contributed by atoms with van der Waals surface area (Å²) in [6.07, 6.45) is 2.01. The first-order chi connectivity index (χ1) is 14.1. The summed E-state index contributed by atoms with van der Waals surface area (Å²) in [5, 5.41) is 4.95. The number of carbonyl (C=O) groups is 1. The molecule has 2 heterocycles. The Morgan fingerprint density at radius 3 is 2.90 bits per heavy atom. The van der Waals surface area contributed by atoms with E-state index in [4.69, 9.17) is 9.47 Å². The smallest absolute Gasteiger partial charge is 0.225 e. The molecule has 2 aromatic carbocycles. The molecule has 148 valence electrons. The van der Waals surface area contributed by atoms with Crippen molar-refractivity contribution in [3.05, 3.63) is 76.8 Å². The van der Waals surface area contributed by atoms with Crippen LogP contribution in [0.5, 0.6) is 11.5 Å². The zero-order chi connectivity index (χ0) is 20.4. The molecule has 3 aromatic rings. The zero-order valence-electron chi connectivity index (χ0n) is 15.9. The summed E-state index contributed by atoms with van der Waals surface area (Å²) in [5.74, 6) is 0.765. The van der Waals surface area contributed by atoms with Crippen LogP contribution in [0.1, 0.15) is 22.8 Å². The van der Waals surface area contributed by atoms with Gasteiger partial charge in [0.15, 0.2) is 11.5 Å². The SMILES string of the molecule is C=CCOc1ccc([C@@H]2CC(=O)Nc3c(-c4cccc(F)c4)csc32)cc1OC. The quantitative estimate of drug-likeness (QED) is 0.539. The molecule has 0 saturated carbocycles. The van der Waals surface area contributed by atoms with E-state index in [2.05, 4.69) is 11.9 Å². The summed E-state index contributed by atoms with van der Waals surface area (Å²) >= 11 is 1.57. The van der Waals surface area contributed by atoms with Crippen molar-refractivity contribution in [3.8, 4) is 22.6 Å². The van der Waals surface area contributed by atoms with Gasteiger partial charge in [-0.05, 0) is 35.4 Å². The molecule has 4 rings (SSSR count). The highest BCUT2D eigenvalue weighted by atomic mass is 32.1. The lowest BCUT2D eigenvalue weighted by Gasteiger charge is -2.24. The van der Waals surface area contributed by atoms with Crippen LogP contribution in [0.3, 0.4) is 0 Å². The van der Waals surface area contributed by atoms with Crippen molar-refractivity contribution in [1.29, 1.82) is 0 Å². The third-order valence-electron chi connectivity index (χ3n) is 4.87. The topological polar surface area (TPSA) is 47.6 Å². The maximum atomic E-state index is 13.7. The summed E-state index contributed by atoms with van der Waals surface area (Å²) in [6.45, 7) is 4.04. The second kappa shape index (κ2) is 8.09. The lowest BCUT2D eigenvalue weighted by atomic mass is 9.89. The molecule has 0 unspecified atom stereocenters. The number of anilines is 1. The summed E-state index contributed by atoms with van der Waals surface area (Å²) in [5.41, 5.74) is 3.30. The monoisotopic (exact) mass is 409 g/mol. The van der Waals surface area contributed by atoms with Gasteiger partial charge in [0.05, 0.1) is 12.8 Å². The predicted octanol–water partition coefficient (Wildman–Crippen LogP) is 5.60. The fraction of sp³-hybridized carbons (Fsp3) is 0.174. The number of fused-ring (bicyclic) bond motifs is 1. The lowest BCUT2D eigenvalue weighted by Crippen LogP contribution is -2.22. The molecule has 0 fully saturated rings. The molecule has 29 heavy (non-hydrogen) atoms. The number of hydrogen-bond acceptors (Lipinski definition) is 4. The van der Waals surface area contributed by atoms with Crippen LogP contribution in [0.4, 0.5) is 10.1 Å². The summed E-state index contributed by atoms with van der Waals surface area (Å²) in [4.78, 5) is 13.5. The minimum absolute atomic E-state index is 0.0653. The van der Waals surface area contributed by atoms with Gasteiger partial charge in [-0.2, -0.15) is 0 Å². The van der Waals surface area contributed by atoms with Gasteiger partial charge in [0.1, 0.15) is 12.4 Å². The second-order valence-electron chi connectivity index (χ2n) is 6.71. The second-order valence-corrected chi connectivity index (χ2v) is 7.63. The van der Waals surface area contributed by atoms with Gasteiger partial charge in [0, 0.05) is 28.2 Å². The fourth-order valence-electron chi connectivity index (χ4n) is 3.53. The van der Waals surface area contributed by atoms with Crippen LogP contribution in [-0.2, 0) is 4.79 Å². The zero-order valence-corrected chi connectivity index (χ0v) is 16.7. The number of hydrogen-bond donors (Lipinski definition) is 1. The Labute approximate surface area is 172 Å². The first-order valence-electron chi connectivity index (χ1n) is 9.19. The van der Waals surface area contributed by atoms with E-state index in [1.165, 1.54) is 12.1 Å². The minimum atomic E-state index is -0.305. The van der Waals surface area contributed by atoms with Crippen LogP contribution in [0.2, 0.25) is 0 Å². The highest BCUT2D eigenvalue weighted by molar-refractivity contribution is 7.11. The van der Waals surface area contributed by atoms with Gasteiger partial charge in [-0.25, -0.2) is 4.39 Å². The van der Waals surface area contributed by atoms with Gasteiger partial charge < -0.3 is 14.8 Å². The summed E-state index contributed by atoms with van der Waals surface area (Å²) in [7, 11) is 1.59. The highest BCUT2D eigenvalue weighted by Crippen LogP contribution is 2.47. The molecule has 6 heteroatoms. The van der Waals surface area contributed by atoms with Crippen molar-refractivity contribution in [2.45, 2.75) is 12.3 Å². The largest absolute Gasteiger partial charge is 0.493 e. The van der Waals surface area contributed by atoms with Crippen LogP contribution in [0.15, 0.2) is 60.5 Å². The van der Waals surface area contributed by atoms with Crippen LogP contribution < -0.4 is 14.8 Å². The van der Waals surface area contributed by atoms with Gasteiger partial charge >= 0.3 is 0 Å². The maximum Gasteiger partial charge on any atom is 0.225 e. The number of rotatable bonds is 6. The molecular weight excluding hydrogens is 389 g/mol. The molecule has 1 N–H and O–H groups in total. The molecule has 0 spiro atoms. The molecule has 1 aromatic heterocycles. The molecule has 0 radical (unpaired) electrons. The first-order valence-corrected chi connectivity index (χ1v) is 10.1. The number of halogens is 1. The normalized spacial score (nSPS) is 15.4. The Bertz CT molecular complexity index is 1080. The molecule has 4 nitrogen and oxygen atoms in total. The Morgan fingerprint density at radius 2 is 2.14 bits per heavy atom. The predicted molar refractivity (Wildman–Crippen MR) is 113 cm³/mol. The van der Waals surface area contributed by atoms with Crippen molar-refractivity contribution < 1.29 is 18.7 Å². The van der Waals surface area contributed by atoms with Gasteiger partial charge in [0.2, 0.25) is 5.91 Å². The molecular formula is C23H20FNO3S.